The SMILES string of the molecule is CC(C)(C)N1CC(=C2CN(C(C)(C)C)C2)C1. The minimum absolute atomic E-state index is 0.345. The summed E-state index contributed by atoms with van der Waals surface area (Å²) in [4.78, 5) is 5.10. The van der Waals surface area contributed by atoms with Gasteiger partial charge in [0.25, 0.3) is 0 Å². The van der Waals surface area contributed by atoms with Gasteiger partial charge in [-0.2, -0.15) is 0 Å². The van der Waals surface area contributed by atoms with E-state index in [0.717, 1.165) is 0 Å². The highest BCUT2D eigenvalue weighted by Crippen LogP contribution is 2.32. The summed E-state index contributed by atoms with van der Waals surface area (Å²) in [5, 5.41) is 0. The number of hydrogen-bond donors (Lipinski definition) is 0. The molecule has 2 nitrogen and oxygen atoms in total. The van der Waals surface area contributed by atoms with Gasteiger partial charge in [0.05, 0.1) is 0 Å². The van der Waals surface area contributed by atoms with Crippen LogP contribution in [0.25, 0.3) is 0 Å². The van der Waals surface area contributed by atoms with Gasteiger partial charge in [-0.3, -0.25) is 9.80 Å². The summed E-state index contributed by atoms with van der Waals surface area (Å²) in [6.07, 6.45) is 0. The molecule has 0 amide bonds. The molecule has 2 heteroatoms. The summed E-state index contributed by atoms with van der Waals surface area (Å²) in [5.41, 5.74) is 4.10. The number of rotatable bonds is 0. The van der Waals surface area contributed by atoms with Gasteiger partial charge < -0.3 is 0 Å². The topological polar surface area (TPSA) is 6.48 Å². The van der Waals surface area contributed by atoms with Crippen LogP contribution in [0.1, 0.15) is 41.5 Å². The Labute approximate surface area is 100 Å². The third-order valence-electron chi connectivity index (χ3n) is 3.92. The summed E-state index contributed by atoms with van der Waals surface area (Å²) in [7, 11) is 0. The smallest absolute Gasteiger partial charge is 0.0217 e. The number of nitrogens with zero attached hydrogens (tertiary/aromatic N) is 2. The monoisotopic (exact) mass is 222 g/mol. The first-order valence-corrected chi connectivity index (χ1v) is 6.38. The Kier molecular flexibility index (Phi) is 2.71. The van der Waals surface area contributed by atoms with Crippen LogP contribution in [0, 0.1) is 0 Å². The molecule has 2 saturated heterocycles. The molecule has 16 heavy (non-hydrogen) atoms. The molecule has 2 aliphatic rings. The molecular formula is C14H26N2. The van der Waals surface area contributed by atoms with Crippen molar-refractivity contribution >= 4 is 0 Å². The van der Waals surface area contributed by atoms with E-state index in [9.17, 15) is 0 Å². The van der Waals surface area contributed by atoms with Crippen molar-refractivity contribution in [2.24, 2.45) is 0 Å². The Hall–Kier alpha value is -0.340. The van der Waals surface area contributed by atoms with Gasteiger partial charge in [0.2, 0.25) is 0 Å². The van der Waals surface area contributed by atoms with E-state index in [2.05, 4.69) is 51.3 Å². The lowest BCUT2D eigenvalue weighted by molar-refractivity contribution is 0.0895. The van der Waals surface area contributed by atoms with Crippen molar-refractivity contribution in [2.75, 3.05) is 26.2 Å². The van der Waals surface area contributed by atoms with Crippen LogP contribution in [-0.4, -0.2) is 47.1 Å². The maximum atomic E-state index is 2.55. The van der Waals surface area contributed by atoms with Crippen LogP contribution in [0.4, 0.5) is 0 Å². The van der Waals surface area contributed by atoms with Gasteiger partial charge >= 0.3 is 0 Å². The molecule has 0 aromatic heterocycles. The molecule has 2 aliphatic heterocycles. The molecule has 0 bridgehead atoms. The van der Waals surface area contributed by atoms with Crippen LogP contribution in [0.5, 0.6) is 0 Å². The Morgan fingerprint density at radius 2 is 0.875 bits per heavy atom. The van der Waals surface area contributed by atoms with Crippen LogP contribution >= 0.6 is 0 Å². The molecule has 0 aromatic rings. The van der Waals surface area contributed by atoms with E-state index in [1.165, 1.54) is 26.2 Å². The van der Waals surface area contributed by atoms with E-state index in [4.69, 9.17) is 0 Å². The molecule has 92 valence electrons. The fourth-order valence-corrected chi connectivity index (χ4v) is 2.22. The van der Waals surface area contributed by atoms with Crippen LogP contribution in [0.2, 0.25) is 0 Å². The maximum Gasteiger partial charge on any atom is 0.0217 e. The fourth-order valence-electron chi connectivity index (χ4n) is 2.22. The first-order valence-electron chi connectivity index (χ1n) is 6.38. The van der Waals surface area contributed by atoms with Gasteiger partial charge in [-0.05, 0) is 52.7 Å². The Morgan fingerprint density at radius 1 is 0.625 bits per heavy atom. The molecular weight excluding hydrogens is 196 g/mol. The molecule has 0 atom stereocenters. The van der Waals surface area contributed by atoms with E-state index in [1.807, 2.05) is 0 Å². The molecule has 2 heterocycles. The molecule has 0 spiro atoms. The van der Waals surface area contributed by atoms with Gasteiger partial charge in [-0.15, -0.1) is 0 Å². The number of hydrogen-bond acceptors (Lipinski definition) is 2. The summed E-state index contributed by atoms with van der Waals surface area (Å²) >= 11 is 0. The lowest BCUT2D eigenvalue weighted by Crippen LogP contribution is -2.57. The molecule has 0 aliphatic carbocycles. The second-order valence-corrected chi connectivity index (χ2v) is 7.26. The average Bonchev–Trinajstić information content (AvgIpc) is 1.83. The van der Waals surface area contributed by atoms with E-state index >= 15 is 0 Å². The molecule has 0 unspecified atom stereocenters. The summed E-state index contributed by atoms with van der Waals surface area (Å²) < 4.78 is 0. The van der Waals surface area contributed by atoms with Crippen molar-refractivity contribution in [1.82, 2.24) is 9.80 Å². The second-order valence-electron chi connectivity index (χ2n) is 7.26. The van der Waals surface area contributed by atoms with Crippen molar-refractivity contribution in [1.29, 1.82) is 0 Å². The second kappa shape index (κ2) is 3.58. The predicted octanol–water partition coefficient (Wildman–Crippen LogP) is 2.51. The lowest BCUT2D eigenvalue weighted by Gasteiger charge is -2.50. The summed E-state index contributed by atoms with van der Waals surface area (Å²) in [6, 6.07) is 0. The number of likely N-dealkylation sites (tertiary alicyclic amines) is 2. The fraction of sp³-hybridized carbons (Fsp3) is 0.857. The van der Waals surface area contributed by atoms with Crippen LogP contribution in [0.15, 0.2) is 11.1 Å². The minimum Gasteiger partial charge on any atom is -0.291 e. The average molecular weight is 222 g/mol. The first-order chi connectivity index (χ1) is 7.18. The Morgan fingerprint density at radius 3 is 1.06 bits per heavy atom. The van der Waals surface area contributed by atoms with Gasteiger partial charge in [0.1, 0.15) is 0 Å². The van der Waals surface area contributed by atoms with Crippen molar-refractivity contribution < 1.29 is 0 Å². The highest BCUT2D eigenvalue weighted by atomic mass is 15.3. The van der Waals surface area contributed by atoms with Crippen LogP contribution in [0.3, 0.4) is 0 Å². The Bertz CT molecular complexity index is 267. The van der Waals surface area contributed by atoms with Crippen molar-refractivity contribution in [3.05, 3.63) is 11.1 Å². The molecule has 2 rings (SSSR count). The molecule has 0 saturated carbocycles. The third kappa shape index (κ3) is 2.18. The molecule has 0 radical (unpaired) electrons. The predicted molar refractivity (Wildman–Crippen MR) is 69.7 cm³/mol. The van der Waals surface area contributed by atoms with Gasteiger partial charge in [-0.25, -0.2) is 0 Å². The molecule has 0 N–H and O–H groups in total. The normalized spacial score (nSPS) is 24.4. The van der Waals surface area contributed by atoms with E-state index in [-0.39, 0.29) is 0 Å². The molecule has 0 aromatic carbocycles. The van der Waals surface area contributed by atoms with Gasteiger partial charge in [0, 0.05) is 37.3 Å². The zero-order valence-electron chi connectivity index (χ0n) is 11.7. The zero-order valence-corrected chi connectivity index (χ0v) is 11.7. The van der Waals surface area contributed by atoms with Crippen molar-refractivity contribution in [3.8, 4) is 0 Å². The van der Waals surface area contributed by atoms with Gasteiger partial charge in [0.15, 0.2) is 0 Å². The quantitative estimate of drug-likeness (QED) is 0.581. The third-order valence-corrected chi connectivity index (χ3v) is 3.92. The lowest BCUT2D eigenvalue weighted by atomic mass is 9.88. The summed E-state index contributed by atoms with van der Waals surface area (Å²) in [6.45, 7) is 18.6. The largest absolute Gasteiger partial charge is 0.291 e. The van der Waals surface area contributed by atoms with Crippen LogP contribution < -0.4 is 0 Å². The van der Waals surface area contributed by atoms with E-state index in [1.54, 1.807) is 11.1 Å². The van der Waals surface area contributed by atoms with Gasteiger partial charge in [-0.1, -0.05) is 0 Å². The van der Waals surface area contributed by atoms with Crippen molar-refractivity contribution in [3.63, 3.8) is 0 Å². The zero-order chi connectivity index (χ0) is 12.1. The highest BCUT2D eigenvalue weighted by molar-refractivity contribution is 5.31. The van der Waals surface area contributed by atoms with E-state index < -0.39 is 0 Å². The Balaban J connectivity index is 1.86. The highest BCUT2D eigenvalue weighted by Gasteiger charge is 2.37. The first kappa shape index (κ1) is 12.1. The molecule has 2 fully saturated rings. The van der Waals surface area contributed by atoms with Crippen LogP contribution in [-0.2, 0) is 0 Å². The van der Waals surface area contributed by atoms with E-state index in [0.29, 0.717) is 11.1 Å². The minimum atomic E-state index is 0.345. The maximum absolute atomic E-state index is 2.55. The standard InChI is InChI=1S/C14H26N2/c1-13(2,3)15-7-11(8-15)12-9-16(10-12)14(4,5)6/h7-10H2,1-6H3. The van der Waals surface area contributed by atoms with Crippen molar-refractivity contribution in [2.45, 2.75) is 52.6 Å². The summed E-state index contributed by atoms with van der Waals surface area (Å²) in [5.74, 6) is 0.